The third-order valence-corrected chi connectivity index (χ3v) is 6.30. The van der Waals surface area contributed by atoms with Gasteiger partial charge in [0, 0.05) is 6.42 Å². The van der Waals surface area contributed by atoms with Crippen molar-refractivity contribution < 1.29 is 9.53 Å². The van der Waals surface area contributed by atoms with E-state index in [0.717, 1.165) is 24.2 Å². The number of carbonyl (C=O) groups is 1. The van der Waals surface area contributed by atoms with Crippen LogP contribution in [0.2, 0.25) is 0 Å². The van der Waals surface area contributed by atoms with Gasteiger partial charge in [0.1, 0.15) is 5.60 Å². The van der Waals surface area contributed by atoms with Crippen LogP contribution in [-0.2, 0) is 9.53 Å². The molecular weight excluding hydrogens is 272 g/mol. The predicted octanol–water partition coefficient (Wildman–Crippen LogP) is 5.64. The average molecular weight is 306 g/mol. The highest BCUT2D eigenvalue weighted by Crippen LogP contribution is 2.57. The molecule has 4 bridgehead atoms. The van der Waals surface area contributed by atoms with Gasteiger partial charge in [-0.15, -0.1) is 0 Å². The lowest BCUT2D eigenvalue weighted by Crippen LogP contribution is -2.52. The molecule has 4 fully saturated rings. The van der Waals surface area contributed by atoms with E-state index < -0.39 is 0 Å². The molecule has 126 valence electrons. The fourth-order valence-corrected chi connectivity index (χ4v) is 5.68. The van der Waals surface area contributed by atoms with E-state index in [4.69, 9.17) is 4.74 Å². The van der Waals surface area contributed by atoms with E-state index in [1.54, 1.807) is 0 Å². The summed E-state index contributed by atoms with van der Waals surface area (Å²) in [6, 6.07) is 0. The molecule has 0 N–H and O–H groups in total. The van der Waals surface area contributed by atoms with Gasteiger partial charge in [-0.1, -0.05) is 45.4 Å². The largest absolute Gasteiger partial charge is 0.459 e. The molecule has 2 heteroatoms. The van der Waals surface area contributed by atoms with Crippen molar-refractivity contribution in [2.75, 3.05) is 0 Å². The van der Waals surface area contributed by atoms with Gasteiger partial charge in [-0.2, -0.15) is 0 Å². The molecule has 22 heavy (non-hydrogen) atoms. The Hall–Kier alpha value is -0.530. The van der Waals surface area contributed by atoms with Crippen molar-refractivity contribution in [1.29, 1.82) is 0 Å². The van der Waals surface area contributed by atoms with E-state index in [2.05, 4.69) is 6.92 Å². The van der Waals surface area contributed by atoms with E-state index in [9.17, 15) is 4.79 Å². The highest BCUT2D eigenvalue weighted by molar-refractivity contribution is 5.70. The number of ether oxygens (including phenoxy) is 1. The SMILES string of the molecule is CCCCCCCCCC(=O)OC12CC3CC(CC(C3)C1)C2. The topological polar surface area (TPSA) is 26.3 Å². The molecule has 0 aromatic heterocycles. The van der Waals surface area contributed by atoms with Gasteiger partial charge in [0.05, 0.1) is 0 Å². The summed E-state index contributed by atoms with van der Waals surface area (Å²) in [7, 11) is 0. The Morgan fingerprint density at radius 3 is 1.91 bits per heavy atom. The molecule has 0 heterocycles. The number of hydrogen-bond donors (Lipinski definition) is 0. The van der Waals surface area contributed by atoms with Crippen LogP contribution in [0.25, 0.3) is 0 Å². The molecule has 0 radical (unpaired) electrons. The van der Waals surface area contributed by atoms with Crippen molar-refractivity contribution >= 4 is 5.97 Å². The van der Waals surface area contributed by atoms with Crippen LogP contribution < -0.4 is 0 Å². The second kappa shape index (κ2) is 7.36. The van der Waals surface area contributed by atoms with Crippen molar-refractivity contribution in [1.82, 2.24) is 0 Å². The molecule has 0 aliphatic heterocycles. The standard InChI is InChI=1S/C20H34O2/c1-2-3-4-5-6-7-8-9-19(21)22-20-13-16-10-17(14-20)12-18(11-16)15-20/h16-18H,2-15H2,1H3. The monoisotopic (exact) mass is 306 g/mol. The Bertz CT molecular complexity index is 339. The van der Waals surface area contributed by atoms with Gasteiger partial charge in [0.2, 0.25) is 0 Å². The number of unbranched alkanes of at least 4 members (excludes halogenated alkanes) is 6. The first-order chi connectivity index (χ1) is 10.7. The zero-order valence-corrected chi connectivity index (χ0v) is 14.4. The van der Waals surface area contributed by atoms with E-state index in [0.29, 0.717) is 6.42 Å². The number of hydrogen-bond acceptors (Lipinski definition) is 2. The van der Waals surface area contributed by atoms with Crippen LogP contribution >= 0.6 is 0 Å². The third-order valence-electron chi connectivity index (χ3n) is 6.30. The van der Waals surface area contributed by atoms with Crippen molar-refractivity contribution in [3.05, 3.63) is 0 Å². The first-order valence-corrected chi connectivity index (χ1v) is 9.91. The summed E-state index contributed by atoms with van der Waals surface area (Å²) >= 11 is 0. The highest BCUT2D eigenvalue weighted by atomic mass is 16.6. The van der Waals surface area contributed by atoms with E-state index in [1.807, 2.05) is 0 Å². The Morgan fingerprint density at radius 1 is 0.864 bits per heavy atom. The summed E-state index contributed by atoms with van der Waals surface area (Å²) in [4.78, 5) is 12.2. The molecule has 0 saturated heterocycles. The lowest BCUT2D eigenvalue weighted by Gasteiger charge is -2.55. The van der Waals surface area contributed by atoms with Gasteiger partial charge >= 0.3 is 5.97 Å². The molecule has 4 aliphatic carbocycles. The maximum atomic E-state index is 12.2. The van der Waals surface area contributed by atoms with Crippen molar-refractivity contribution in [3.8, 4) is 0 Å². The van der Waals surface area contributed by atoms with Crippen LogP contribution in [0.3, 0.4) is 0 Å². The second-order valence-corrected chi connectivity index (χ2v) is 8.45. The van der Waals surface area contributed by atoms with Gasteiger partial charge in [0.15, 0.2) is 0 Å². The molecule has 0 atom stereocenters. The zero-order valence-electron chi connectivity index (χ0n) is 14.4. The van der Waals surface area contributed by atoms with E-state index in [-0.39, 0.29) is 11.6 Å². The summed E-state index contributed by atoms with van der Waals surface area (Å²) in [5, 5.41) is 0. The highest BCUT2D eigenvalue weighted by Gasteiger charge is 2.53. The number of carbonyl (C=O) groups excluding carboxylic acids is 1. The fraction of sp³-hybridized carbons (Fsp3) is 0.950. The Kier molecular flexibility index (Phi) is 5.46. The molecule has 0 amide bonds. The summed E-state index contributed by atoms with van der Waals surface area (Å²) in [6.07, 6.45) is 17.2. The van der Waals surface area contributed by atoms with Gasteiger partial charge < -0.3 is 4.74 Å². The molecule has 0 spiro atoms. The molecule has 0 unspecified atom stereocenters. The van der Waals surface area contributed by atoms with Gasteiger partial charge in [0.25, 0.3) is 0 Å². The minimum atomic E-state index is -0.0348. The minimum Gasteiger partial charge on any atom is -0.459 e. The van der Waals surface area contributed by atoms with E-state index >= 15 is 0 Å². The van der Waals surface area contributed by atoms with Crippen LogP contribution in [0, 0.1) is 17.8 Å². The molecule has 4 saturated carbocycles. The van der Waals surface area contributed by atoms with E-state index in [1.165, 1.54) is 77.0 Å². The molecule has 0 aromatic rings. The number of rotatable bonds is 9. The first-order valence-electron chi connectivity index (χ1n) is 9.91. The van der Waals surface area contributed by atoms with Gasteiger partial charge in [-0.3, -0.25) is 4.79 Å². The molecule has 2 nitrogen and oxygen atoms in total. The molecule has 4 aliphatic rings. The summed E-state index contributed by atoms with van der Waals surface area (Å²) in [5.74, 6) is 2.67. The zero-order chi connectivity index (χ0) is 15.4. The Balaban J connectivity index is 1.34. The minimum absolute atomic E-state index is 0.0348. The van der Waals surface area contributed by atoms with Gasteiger partial charge in [-0.25, -0.2) is 0 Å². The van der Waals surface area contributed by atoms with Crippen molar-refractivity contribution in [2.45, 2.75) is 102 Å². The maximum Gasteiger partial charge on any atom is 0.306 e. The predicted molar refractivity (Wildman–Crippen MR) is 89.6 cm³/mol. The normalized spacial score (nSPS) is 35.8. The van der Waals surface area contributed by atoms with Gasteiger partial charge in [-0.05, 0) is 62.7 Å². The van der Waals surface area contributed by atoms with Crippen molar-refractivity contribution in [2.24, 2.45) is 17.8 Å². The van der Waals surface area contributed by atoms with Crippen LogP contribution in [0.1, 0.15) is 96.8 Å². The van der Waals surface area contributed by atoms with Crippen LogP contribution in [0.5, 0.6) is 0 Å². The quantitative estimate of drug-likeness (QED) is 0.407. The Labute approximate surface area is 136 Å². The fourth-order valence-electron chi connectivity index (χ4n) is 5.68. The maximum absolute atomic E-state index is 12.2. The first kappa shape index (κ1) is 16.3. The summed E-state index contributed by atoms with van der Waals surface area (Å²) in [5.41, 5.74) is -0.0348. The number of esters is 1. The lowest BCUT2D eigenvalue weighted by molar-refractivity contribution is -0.186. The molecule has 0 aromatic carbocycles. The lowest BCUT2D eigenvalue weighted by atomic mass is 9.54. The smallest absolute Gasteiger partial charge is 0.306 e. The second-order valence-electron chi connectivity index (χ2n) is 8.45. The Morgan fingerprint density at radius 2 is 1.36 bits per heavy atom. The molecular formula is C20H34O2. The van der Waals surface area contributed by atoms with Crippen LogP contribution in [0.15, 0.2) is 0 Å². The average Bonchev–Trinajstić information content (AvgIpc) is 2.44. The summed E-state index contributed by atoms with van der Waals surface area (Å²) in [6.45, 7) is 2.25. The van der Waals surface area contributed by atoms with Crippen LogP contribution in [-0.4, -0.2) is 11.6 Å². The third kappa shape index (κ3) is 4.06. The summed E-state index contributed by atoms with van der Waals surface area (Å²) < 4.78 is 6.06. The molecule has 4 rings (SSSR count). The van der Waals surface area contributed by atoms with Crippen molar-refractivity contribution in [3.63, 3.8) is 0 Å². The van der Waals surface area contributed by atoms with Crippen LogP contribution in [0.4, 0.5) is 0 Å².